The molecule has 10 heteroatoms. The number of hydrogen-bond donors (Lipinski definition) is 1. The normalized spacial score (nSPS) is 16.0. The number of rotatable bonds is 6. The number of pyridine rings is 1. The molecule has 0 radical (unpaired) electrons. The fourth-order valence-electron chi connectivity index (χ4n) is 3.58. The van der Waals surface area contributed by atoms with Crippen molar-refractivity contribution < 1.29 is 17.7 Å². The minimum absolute atomic E-state index is 0.0845. The lowest BCUT2D eigenvalue weighted by atomic mass is 9.97. The molecule has 1 saturated heterocycles. The zero-order valence-electron chi connectivity index (χ0n) is 16.6. The number of fused-ring (bicyclic) bond motifs is 1. The second-order valence-electron chi connectivity index (χ2n) is 7.40. The summed E-state index contributed by atoms with van der Waals surface area (Å²) < 4.78 is 30.0. The average Bonchev–Trinajstić information content (AvgIpc) is 3.22. The second-order valence-corrected chi connectivity index (χ2v) is 9.38. The summed E-state index contributed by atoms with van der Waals surface area (Å²) in [5.74, 6) is 0.972. The van der Waals surface area contributed by atoms with E-state index in [1.807, 2.05) is 24.3 Å². The van der Waals surface area contributed by atoms with E-state index in [9.17, 15) is 13.2 Å². The second kappa shape index (κ2) is 8.49. The topological polar surface area (TPSA) is 118 Å². The molecular formula is C20H23N5O4S. The van der Waals surface area contributed by atoms with E-state index in [1.54, 1.807) is 12.3 Å². The zero-order valence-corrected chi connectivity index (χ0v) is 17.4. The molecule has 1 fully saturated rings. The van der Waals surface area contributed by atoms with Crippen molar-refractivity contribution in [3.63, 3.8) is 0 Å². The number of carbonyl (C=O) groups is 1. The first kappa shape index (κ1) is 20.4. The number of nitrogens with zero attached hydrogens (tertiary/aromatic N) is 4. The molecule has 1 amide bonds. The van der Waals surface area contributed by atoms with Crippen LogP contribution in [0, 0.1) is 0 Å². The van der Waals surface area contributed by atoms with Gasteiger partial charge in [-0.25, -0.2) is 12.7 Å². The molecule has 1 aliphatic rings. The number of amides is 1. The Hall–Kier alpha value is -2.85. The van der Waals surface area contributed by atoms with Gasteiger partial charge in [-0.3, -0.25) is 9.78 Å². The minimum Gasteiger partial charge on any atom is -0.352 e. The van der Waals surface area contributed by atoms with Crippen LogP contribution in [0.3, 0.4) is 0 Å². The molecular weight excluding hydrogens is 406 g/mol. The Morgan fingerprint density at radius 2 is 2.07 bits per heavy atom. The molecule has 0 aliphatic carbocycles. The van der Waals surface area contributed by atoms with E-state index in [-0.39, 0.29) is 11.8 Å². The minimum atomic E-state index is -3.16. The van der Waals surface area contributed by atoms with Crippen LogP contribution in [0.15, 0.2) is 41.1 Å². The summed E-state index contributed by atoms with van der Waals surface area (Å²) in [7, 11) is -3.16. The Morgan fingerprint density at radius 1 is 1.27 bits per heavy atom. The van der Waals surface area contributed by atoms with E-state index < -0.39 is 10.0 Å². The van der Waals surface area contributed by atoms with Gasteiger partial charge in [0.1, 0.15) is 0 Å². The average molecular weight is 430 g/mol. The monoisotopic (exact) mass is 429 g/mol. The van der Waals surface area contributed by atoms with Crippen LogP contribution in [0.1, 0.15) is 40.8 Å². The maximum absolute atomic E-state index is 12.4. The third kappa shape index (κ3) is 4.65. The smallest absolute Gasteiger partial charge is 0.251 e. The van der Waals surface area contributed by atoms with E-state index in [2.05, 4.69) is 20.4 Å². The number of piperidine rings is 1. The first-order valence-corrected chi connectivity index (χ1v) is 11.7. The van der Waals surface area contributed by atoms with Crippen molar-refractivity contribution >= 4 is 26.8 Å². The van der Waals surface area contributed by atoms with Gasteiger partial charge < -0.3 is 9.84 Å². The van der Waals surface area contributed by atoms with Crippen LogP contribution >= 0.6 is 0 Å². The van der Waals surface area contributed by atoms with Gasteiger partial charge in [0.05, 0.1) is 11.8 Å². The van der Waals surface area contributed by atoms with Crippen molar-refractivity contribution in [1.82, 2.24) is 24.7 Å². The number of benzene rings is 1. The van der Waals surface area contributed by atoms with Gasteiger partial charge in [0.2, 0.25) is 15.9 Å². The summed E-state index contributed by atoms with van der Waals surface area (Å²) in [6.45, 7) is 1.30. The molecule has 0 spiro atoms. The van der Waals surface area contributed by atoms with Crippen LogP contribution < -0.4 is 5.32 Å². The molecule has 158 valence electrons. The molecule has 1 N–H and O–H groups in total. The highest BCUT2D eigenvalue weighted by Gasteiger charge is 2.28. The highest BCUT2D eigenvalue weighted by Crippen LogP contribution is 2.27. The SMILES string of the molecule is CS(=O)(=O)N1CCC(c2noc(CCNC(=O)c3ccc4ncccc4c3)n2)CC1. The molecule has 0 unspecified atom stereocenters. The lowest BCUT2D eigenvalue weighted by molar-refractivity contribution is 0.0953. The molecule has 3 aromatic rings. The van der Waals surface area contributed by atoms with E-state index in [1.165, 1.54) is 10.6 Å². The van der Waals surface area contributed by atoms with E-state index in [0.29, 0.717) is 56.2 Å². The summed E-state index contributed by atoms with van der Waals surface area (Å²) in [5, 5.41) is 7.82. The van der Waals surface area contributed by atoms with Crippen molar-refractivity contribution in [3.05, 3.63) is 53.8 Å². The van der Waals surface area contributed by atoms with Crippen LogP contribution in [0.5, 0.6) is 0 Å². The molecule has 3 heterocycles. The Bertz CT molecular complexity index is 1150. The number of nitrogens with one attached hydrogen (secondary N) is 1. The highest BCUT2D eigenvalue weighted by molar-refractivity contribution is 7.88. The number of aromatic nitrogens is 3. The van der Waals surface area contributed by atoms with E-state index in [4.69, 9.17) is 4.52 Å². The number of hydrogen-bond acceptors (Lipinski definition) is 7. The Balaban J connectivity index is 1.29. The molecule has 1 aliphatic heterocycles. The van der Waals surface area contributed by atoms with Crippen molar-refractivity contribution in [3.8, 4) is 0 Å². The fraction of sp³-hybridized carbons (Fsp3) is 0.400. The summed E-state index contributed by atoms with van der Waals surface area (Å²) in [6.07, 6.45) is 4.70. The van der Waals surface area contributed by atoms with Gasteiger partial charge >= 0.3 is 0 Å². The molecule has 9 nitrogen and oxygen atoms in total. The van der Waals surface area contributed by atoms with Crippen LogP contribution in [-0.4, -0.2) is 59.6 Å². The molecule has 2 aromatic heterocycles. The Kier molecular flexibility index (Phi) is 5.78. The molecule has 0 atom stereocenters. The van der Waals surface area contributed by atoms with Crippen LogP contribution in [-0.2, 0) is 16.4 Å². The van der Waals surface area contributed by atoms with Gasteiger partial charge in [0.25, 0.3) is 5.91 Å². The van der Waals surface area contributed by atoms with Gasteiger partial charge in [0, 0.05) is 49.1 Å². The van der Waals surface area contributed by atoms with Gasteiger partial charge in [-0.1, -0.05) is 11.2 Å². The van der Waals surface area contributed by atoms with Crippen molar-refractivity contribution in [2.24, 2.45) is 0 Å². The van der Waals surface area contributed by atoms with Crippen molar-refractivity contribution in [2.45, 2.75) is 25.2 Å². The molecule has 1 aromatic carbocycles. The quantitative estimate of drug-likeness (QED) is 0.634. The van der Waals surface area contributed by atoms with Gasteiger partial charge in [0.15, 0.2) is 5.82 Å². The first-order valence-electron chi connectivity index (χ1n) is 9.81. The van der Waals surface area contributed by atoms with Gasteiger partial charge in [-0.2, -0.15) is 4.98 Å². The lowest BCUT2D eigenvalue weighted by Gasteiger charge is -2.28. The largest absolute Gasteiger partial charge is 0.352 e. The maximum Gasteiger partial charge on any atom is 0.251 e. The third-order valence-corrected chi connectivity index (χ3v) is 6.56. The summed E-state index contributed by atoms with van der Waals surface area (Å²) in [5.41, 5.74) is 1.41. The molecule has 0 bridgehead atoms. The third-order valence-electron chi connectivity index (χ3n) is 5.26. The Labute approximate surface area is 174 Å². The van der Waals surface area contributed by atoms with E-state index in [0.717, 1.165) is 10.9 Å². The fourth-order valence-corrected chi connectivity index (χ4v) is 4.46. The first-order chi connectivity index (χ1) is 14.4. The summed E-state index contributed by atoms with van der Waals surface area (Å²) >= 11 is 0. The van der Waals surface area contributed by atoms with Gasteiger partial charge in [-0.15, -0.1) is 0 Å². The Morgan fingerprint density at radius 3 is 2.83 bits per heavy atom. The predicted molar refractivity (Wildman–Crippen MR) is 110 cm³/mol. The maximum atomic E-state index is 12.4. The predicted octanol–water partition coefficient (Wildman–Crippen LogP) is 1.73. The van der Waals surface area contributed by atoms with E-state index >= 15 is 0 Å². The number of carbonyl (C=O) groups excluding carboxylic acids is 1. The van der Waals surface area contributed by atoms with Gasteiger partial charge in [-0.05, 0) is 37.1 Å². The number of sulfonamides is 1. The van der Waals surface area contributed by atoms with Crippen LogP contribution in [0.2, 0.25) is 0 Å². The summed E-state index contributed by atoms with van der Waals surface area (Å²) in [6, 6.07) is 9.13. The zero-order chi connectivity index (χ0) is 21.1. The molecule has 30 heavy (non-hydrogen) atoms. The lowest BCUT2D eigenvalue weighted by Crippen LogP contribution is -2.37. The molecule has 0 saturated carbocycles. The van der Waals surface area contributed by atoms with Crippen molar-refractivity contribution in [2.75, 3.05) is 25.9 Å². The summed E-state index contributed by atoms with van der Waals surface area (Å²) in [4.78, 5) is 21.1. The standard InChI is InChI=1S/C20H23N5O4S/c1-30(27,28)25-11-7-14(8-12-25)19-23-18(29-24-19)6-10-22-20(26)16-4-5-17-15(13-16)3-2-9-21-17/h2-5,9,13-14H,6-8,10-12H2,1H3,(H,22,26). The highest BCUT2D eigenvalue weighted by atomic mass is 32.2. The van der Waals surface area contributed by atoms with Crippen molar-refractivity contribution in [1.29, 1.82) is 0 Å². The van der Waals surface area contributed by atoms with Crippen LogP contribution in [0.25, 0.3) is 10.9 Å². The molecule has 4 rings (SSSR count). The van der Waals surface area contributed by atoms with Crippen LogP contribution in [0.4, 0.5) is 0 Å².